The standard InChI is InChI=1S/C4H7NO2S/c1-2-4(7)5(8)3-6/h2,6,8H,1,3H2. The van der Waals surface area contributed by atoms with Crippen LogP contribution in [0.15, 0.2) is 12.7 Å². The molecule has 0 fully saturated rings. The molecule has 0 aromatic heterocycles. The Bertz CT molecular complexity index is 104. The van der Waals surface area contributed by atoms with Gasteiger partial charge in [0.2, 0.25) is 0 Å². The SMILES string of the molecule is C=CC(=O)N(S)CO. The topological polar surface area (TPSA) is 40.5 Å². The van der Waals surface area contributed by atoms with Crippen molar-refractivity contribution in [1.82, 2.24) is 4.31 Å². The van der Waals surface area contributed by atoms with Crippen LogP contribution in [0.1, 0.15) is 0 Å². The van der Waals surface area contributed by atoms with Gasteiger partial charge in [0.25, 0.3) is 5.91 Å². The molecule has 0 aliphatic carbocycles. The van der Waals surface area contributed by atoms with Crippen LogP contribution in [-0.2, 0) is 4.79 Å². The van der Waals surface area contributed by atoms with Crippen molar-refractivity contribution in [2.24, 2.45) is 0 Å². The molecule has 0 radical (unpaired) electrons. The highest BCUT2D eigenvalue weighted by Gasteiger charge is 1.99. The Morgan fingerprint density at radius 2 is 2.50 bits per heavy atom. The van der Waals surface area contributed by atoms with E-state index in [2.05, 4.69) is 19.4 Å². The molecule has 3 nitrogen and oxygen atoms in total. The van der Waals surface area contributed by atoms with E-state index in [1.807, 2.05) is 0 Å². The molecule has 0 aromatic rings. The van der Waals surface area contributed by atoms with E-state index in [0.29, 0.717) is 0 Å². The fourth-order valence-electron chi connectivity index (χ4n) is 0.175. The van der Waals surface area contributed by atoms with Crippen molar-refractivity contribution in [2.45, 2.75) is 0 Å². The zero-order valence-corrected chi connectivity index (χ0v) is 5.14. The van der Waals surface area contributed by atoms with E-state index in [1.165, 1.54) is 0 Å². The lowest BCUT2D eigenvalue weighted by Crippen LogP contribution is -2.19. The maximum Gasteiger partial charge on any atom is 0.257 e. The van der Waals surface area contributed by atoms with Crippen molar-refractivity contribution in [3.8, 4) is 0 Å². The van der Waals surface area contributed by atoms with E-state index in [0.717, 1.165) is 10.4 Å². The van der Waals surface area contributed by atoms with Gasteiger partial charge in [-0.2, -0.15) is 0 Å². The van der Waals surface area contributed by atoms with Gasteiger partial charge in [0.1, 0.15) is 6.73 Å². The highest BCUT2D eigenvalue weighted by Crippen LogP contribution is 1.90. The first kappa shape index (κ1) is 7.52. The van der Waals surface area contributed by atoms with Gasteiger partial charge < -0.3 is 5.11 Å². The van der Waals surface area contributed by atoms with Gasteiger partial charge in [-0.25, -0.2) is 0 Å². The van der Waals surface area contributed by atoms with Gasteiger partial charge in [-0.3, -0.25) is 9.10 Å². The third-order valence-corrected chi connectivity index (χ3v) is 0.887. The minimum Gasteiger partial charge on any atom is -0.375 e. The van der Waals surface area contributed by atoms with E-state index in [-0.39, 0.29) is 0 Å². The number of thiol groups is 1. The predicted molar refractivity (Wildman–Crippen MR) is 33.1 cm³/mol. The molecular formula is C4H7NO2S. The van der Waals surface area contributed by atoms with Crippen LogP contribution in [0.4, 0.5) is 0 Å². The van der Waals surface area contributed by atoms with Gasteiger partial charge >= 0.3 is 0 Å². The summed E-state index contributed by atoms with van der Waals surface area (Å²) in [5, 5.41) is 8.22. The highest BCUT2D eigenvalue weighted by atomic mass is 32.1. The third kappa shape index (κ3) is 1.99. The van der Waals surface area contributed by atoms with Crippen LogP contribution in [0.3, 0.4) is 0 Å². The number of hydrogen-bond donors (Lipinski definition) is 2. The number of amides is 1. The number of aliphatic hydroxyl groups is 1. The smallest absolute Gasteiger partial charge is 0.257 e. The first-order chi connectivity index (χ1) is 3.72. The molecule has 0 unspecified atom stereocenters. The summed E-state index contributed by atoms with van der Waals surface area (Å²) < 4.78 is 0.840. The zero-order valence-electron chi connectivity index (χ0n) is 4.24. The van der Waals surface area contributed by atoms with Gasteiger partial charge in [-0.15, -0.1) is 0 Å². The van der Waals surface area contributed by atoms with Crippen molar-refractivity contribution in [3.63, 3.8) is 0 Å². The normalized spacial score (nSPS) is 8.25. The molecule has 0 saturated carbocycles. The number of carbonyl (C=O) groups excluding carboxylic acids is 1. The maximum absolute atomic E-state index is 10.3. The first-order valence-electron chi connectivity index (χ1n) is 1.96. The second-order valence-corrected chi connectivity index (χ2v) is 1.57. The van der Waals surface area contributed by atoms with Crippen LogP contribution >= 0.6 is 12.8 Å². The summed E-state index contributed by atoms with van der Waals surface area (Å²) in [6, 6.07) is 0. The van der Waals surface area contributed by atoms with E-state index >= 15 is 0 Å². The predicted octanol–water partition coefficient (Wildman–Crippen LogP) is -0.204. The fraction of sp³-hybridized carbons (Fsp3) is 0.250. The Hall–Kier alpha value is -0.480. The lowest BCUT2D eigenvalue weighted by Gasteiger charge is -2.06. The summed E-state index contributed by atoms with van der Waals surface area (Å²) in [6.45, 7) is 2.78. The third-order valence-electron chi connectivity index (χ3n) is 0.563. The van der Waals surface area contributed by atoms with E-state index < -0.39 is 12.6 Å². The van der Waals surface area contributed by atoms with Crippen LogP contribution in [0.2, 0.25) is 0 Å². The number of carbonyl (C=O) groups is 1. The van der Waals surface area contributed by atoms with Gasteiger partial charge in [-0.05, 0) is 6.08 Å². The summed E-state index contributed by atoms with van der Waals surface area (Å²) in [6.07, 6.45) is 1.07. The molecule has 0 heterocycles. The Balaban J connectivity index is 3.62. The molecular weight excluding hydrogens is 126 g/mol. The summed E-state index contributed by atoms with van der Waals surface area (Å²) in [5.41, 5.74) is 0. The maximum atomic E-state index is 10.3. The van der Waals surface area contributed by atoms with E-state index in [9.17, 15) is 4.79 Å². The monoisotopic (exact) mass is 133 g/mol. The molecule has 1 amide bonds. The van der Waals surface area contributed by atoms with Gasteiger partial charge in [0.05, 0.1) is 0 Å². The molecule has 0 saturated heterocycles. The van der Waals surface area contributed by atoms with Gasteiger partial charge in [0.15, 0.2) is 0 Å². The quantitative estimate of drug-likeness (QED) is 0.311. The van der Waals surface area contributed by atoms with Crippen LogP contribution in [0.25, 0.3) is 0 Å². The Morgan fingerprint density at radius 1 is 2.00 bits per heavy atom. The molecule has 1 N–H and O–H groups in total. The fourth-order valence-corrected chi connectivity index (χ4v) is 0.257. The molecule has 0 bridgehead atoms. The minimum absolute atomic E-state index is 0.395. The lowest BCUT2D eigenvalue weighted by molar-refractivity contribution is -0.123. The average Bonchev–Trinajstić information content (AvgIpc) is 1.84. The summed E-state index contributed by atoms with van der Waals surface area (Å²) in [4.78, 5) is 10.3. The summed E-state index contributed by atoms with van der Waals surface area (Å²) in [7, 11) is 0. The minimum atomic E-state index is -0.407. The molecule has 0 aliphatic rings. The zero-order chi connectivity index (χ0) is 6.57. The van der Waals surface area contributed by atoms with Crippen molar-refractivity contribution in [1.29, 1.82) is 0 Å². The molecule has 4 heteroatoms. The summed E-state index contributed by atoms with van der Waals surface area (Å²) in [5.74, 6) is -0.407. The van der Waals surface area contributed by atoms with Crippen LogP contribution < -0.4 is 0 Å². The number of hydrogen-bond acceptors (Lipinski definition) is 3. The van der Waals surface area contributed by atoms with Crippen LogP contribution in [0.5, 0.6) is 0 Å². The molecule has 0 atom stereocenters. The Morgan fingerprint density at radius 3 is 2.62 bits per heavy atom. The molecule has 0 spiro atoms. The lowest BCUT2D eigenvalue weighted by atomic mass is 10.6. The van der Waals surface area contributed by atoms with Gasteiger partial charge in [0, 0.05) is 0 Å². The molecule has 0 aliphatic heterocycles. The van der Waals surface area contributed by atoms with Crippen LogP contribution in [0, 0.1) is 0 Å². The largest absolute Gasteiger partial charge is 0.375 e. The molecule has 8 heavy (non-hydrogen) atoms. The van der Waals surface area contributed by atoms with Crippen LogP contribution in [-0.4, -0.2) is 22.0 Å². The van der Waals surface area contributed by atoms with Gasteiger partial charge in [-0.1, -0.05) is 19.4 Å². The highest BCUT2D eigenvalue weighted by molar-refractivity contribution is 7.78. The summed E-state index contributed by atoms with van der Waals surface area (Å²) >= 11 is 3.57. The van der Waals surface area contributed by atoms with Crippen molar-refractivity contribution >= 4 is 18.7 Å². The Labute approximate surface area is 53.2 Å². The number of rotatable bonds is 2. The molecule has 46 valence electrons. The van der Waals surface area contributed by atoms with Crippen molar-refractivity contribution in [2.75, 3.05) is 6.73 Å². The molecule has 0 aromatic carbocycles. The second kappa shape index (κ2) is 3.51. The van der Waals surface area contributed by atoms with E-state index in [4.69, 9.17) is 5.11 Å². The first-order valence-corrected chi connectivity index (χ1v) is 2.36. The average molecular weight is 133 g/mol. The van der Waals surface area contributed by atoms with E-state index in [1.54, 1.807) is 0 Å². The van der Waals surface area contributed by atoms with Crippen molar-refractivity contribution < 1.29 is 9.90 Å². The van der Waals surface area contributed by atoms with Crippen molar-refractivity contribution in [3.05, 3.63) is 12.7 Å². The Kier molecular flexibility index (Phi) is 3.30. The second-order valence-electron chi connectivity index (χ2n) is 1.08. The number of nitrogens with zero attached hydrogens (tertiary/aromatic N) is 1. The number of aliphatic hydroxyl groups excluding tert-OH is 1. The molecule has 0 rings (SSSR count).